The number of hydrogen-bond acceptors (Lipinski definition) is 1. The lowest BCUT2D eigenvalue weighted by molar-refractivity contribution is -0.116. The van der Waals surface area contributed by atoms with E-state index in [1.807, 2.05) is 30.5 Å². The maximum absolute atomic E-state index is 13.1. The van der Waals surface area contributed by atoms with Crippen molar-refractivity contribution in [3.8, 4) is 0 Å². The molecule has 2 aromatic carbocycles. The van der Waals surface area contributed by atoms with Crippen LogP contribution in [0, 0.1) is 5.82 Å². The summed E-state index contributed by atoms with van der Waals surface area (Å²) in [6.45, 7) is 0. The molecule has 0 unspecified atom stereocenters. The highest BCUT2D eigenvalue weighted by molar-refractivity contribution is 6.31. The molecule has 0 aliphatic rings. The van der Waals surface area contributed by atoms with Gasteiger partial charge in [0.2, 0.25) is 5.91 Å². The Morgan fingerprint density at radius 2 is 2.05 bits per heavy atom. The molecular weight excluding hydrogens is 303 g/mol. The van der Waals surface area contributed by atoms with Gasteiger partial charge in [0.15, 0.2) is 0 Å². The highest BCUT2D eigenvalue weighted by atomic mass is 35.5. The average molecular weight is 317 g/mol. The summed E-state index contributed by atoms with van der Waals surface area (Å²) in [5.74, 6) is -0.633. The quantitative estimate of drug-likeness (QED) is 0.729. The molecule has 0 saturated carbocycles. The number of aromatic nitrogens is 1. The molecular formula is C17H14ClFN2O. The minimum Gasteiger partial charge on any atom is -0.361 e. The summed E-state index contributed by atoms with van der Waals surface area (Å²) < 4.78 is 13.1. The predicted molar refractivity (Wildman–Crippen MR) is 86.7 cm³/mol. The molecule has 2 N–H and O–H groups in total. The lowest BCUT2D eigenvalue weighted by atomic mass is 10.1. The number of rotatable bonds is 4. The molecule has 0 bridgehead atoms. The Labute approximate surface area is 132 Å². The average Bonchev–Trinajstić information content (AvgIpc) is 2.92. The van der Waals surface area contributed by atoms with Gasteiger partial charge in [0.05, 0.1) is 5.02 Å². The maximum atomic E-state index is 13.1. The van der Waals surface area contributed by atoms with Crippen LogP contribution >= 0.6 is 11.6 Å². The van der Waals surface area contributed by atoms with E-state index in [9.17, 15) is 9.18 Å². The van der Waals surface area contributed by atoms with Gasteiger partial charge in [-0.25, -0.2) is 4.39 Å². The molecule has 0 radical (unpaired) electrons. The second-order valence-corrected chi connectivity index (χ2v) is 5.44. The van der Waals surface area contributed by atoms with Gasteiger partial charge in [-0.1, -0.05) is 29.8 Å². The van der Waals surface area contributed by atoms with E-state index in [0.717, 1.165) is 16.5 Å². The van der Waals surface area contributed by atoms with E-state index in [2.05, 4.69) is 10.3 Å². The van der Waals surface area contributed by atoms with E-state index in [-0.39, 0.29) is 10.9 Å². The second-order valence-electron chi connectivity index (χ2n) is 5.04. The zero-order chi connectivity index (χ0) is 15.5. The molecule has 112 valence electrons. The van der Waals surface area contributed by atoms with Crippen LogP contribution in [0.5, 0.6) is 0 Å². The standard InChI is InChI=1S/C17H14ClFN2O/c18-14-9-12(6-7-15(14)19)21-17(22)8-5-11-10-20-16-4-2-1-3-13(11)16/h1-4,6-7,9-10,20H,5,8H2,(H,21,22). The SMILES string of the molecule is O=C(CCc1c[nH]c2ccccc12)Nc1ccc(F)c(Cl)c1. The zero-order valence-electron chi connectivity index (χ0n) is 11.7. The van der Waals surface area contributed by atoms with Crippen molar-refractivity contribution in [2.45, 2.75) is 12.8 Å². The van der Waals surface area contributed by atoms with Crippen LogP contribution in [0.15, 0.2) is 48.7 Å². The van der Waals surface area contributed by atoms with Gasteiger partial charge in [-0.05, 0) is 36.2 Å². The van der Waals surface area contributed by atoms with Gasteiger partial charge in [-0.15, -0.1) is 0 Å². The molecule has 0 saturated heterocycles. The van der Waals surface area contributed by atoms with Crippen LogP contribution in [0.2, 0.25) is 5.02 Å². The Morgan fingerprint density at radius 3 is 2.86 bits per heavy atom. The van der Waals surface area contributed by atoms with E-state index < -0.39 is 5.82 Å². The van der Waals surface area contributed by atoms with Crippen LogP contribution in [0.4, 0.5) is 10.1 Å². The molecule has 1 heterocycles. The number of carbonyl (C=O) groups is 1. The topological polar surface area (TPSA) is 44.9 Å². The number of carbonyl (C=O) groups excluding carboxylic acids is 1. The van der Waals surface area contributed by atoms with Crippen molar-refractivity contribution in [3.05, 3.63) is 65.1 Å². The highest BCUT2D eigenvalue weighted by Crippen LogP contribution is 2.21. The molecule has 0 fully saturated rings. The lowest BCUT2D eigenvalue weighted by Gasteiger charge is -2.06. The number of anilines is 1. The molecule has 0 spiro atoms. The minimum atomic E-state index is -0.501. The molecule has 0 atom stereocenters. The minimum absolute atomic E-state index is 0.00516. The van der Waals surface area contributed by atoms with Crippen molar-refractivity contribution in [1.82, 2.24) is 4.98 Å². The molecule has 22 heavy (non-hydrogen) atoms. The number of H-pyrrole nitrogens is 1. The summed E-state index contributed by atoms with van der Waals surface area (Å²) in [5, 5.41) is 3.84. The van der Waals surface area contributed by atoms with Crippen LogP contribution in [0.25, 0.3) is 10.9 Å². The third-order valence-electron chi connectivity index (χ3n) is 3.50. The fourth-order valence-corrected chi connectivity index (χ4v) is 2.56. The first-order chi connectivity index (χ1) is 10.6. The Bertz CT molecular complexity index is 828. The number of halogens is 2. The van der Waals surface area contributed by atoms with Gasteiger partial charge in [-0.2, -0.15) is 0 Å². The van der Waals surface area contributed by atoms with Crippen molar-refractivity contribution >= 4 is 34.1 Å². The number of hydrogen-bond donors (Lipinski definition) is 2. The monoisotopic (exact) mass is 316 g/mol. The van der Waals surface area contributed by atoms with Gasteiger partial charge >= 0.3 is 0 Å². The first-order valence-corrected chi connectivity index (χ1v) is 7.31. The summed E-state index contributed by atoms with van der Waals surface area (Å²) >= 11 is 5.69. The van der Waals surface area contributed by atoms with E-state index in [0.29, 0.717) is 18.5 Å². The zero-order valence-corrected chi connectivity index (χ0v) is 12.5. The number of benzene rings is 2. The molecule has 1 aromatic heterocycles. The molecule has 5 heteroatoms. The molecule has 0 aliphatic heterocycles. The van der Waals surface area contributed by atoms with Crippen LogP contribution in [0.3, 0.4) is 0 Å². The van der Waals surface area contributed by atoms with Gasteiger partial charge in [0.25, 0.3) is 0 Å². The highest BCUT2D eigenvalue weighted by Gasteiger charge is 2.08. The third kappa shape index (κ3) is 3.12. The van der Waals surface area contributed by atoms with E-state index in [1.165, 1.54) is 18.2 Å². The van der Waals surface area contributed by atoms with Gasteiger partial charge < -0.3 is 10.3 Å². The predicted octanol–water partition coefficient (Wildman–Crippen LogP) is 4.53. The van der Waals surface area contributed by atoms with Crippen molar-refractivity contribution in [1.29, 1.82) is 0 Å². The van der Waals surface area contributed by atoms with E-state index in [1.54, 1.807) is 0 Å². The number of fused-ring (bicyclic) bond motifs is 1. The van der Waals surface area contributed by atoms with Gasteiger partial charge in [0, 0.05) is 29.2 Å². The molecule has 0 aliphatic carbocycles. The Balaban J connectivity index is 1.63. The molecule has 3 aromatic rings. The molecule has 3 rings (SSSR count). The maximum Gasteiger partial charge on any atom is 0.224 e. The fourth-order valence-electron chi connectivity index (χ4n) is 2.38. The fraction of sp³-hybridized carbons (Fsp3) is 0.118. The van der Waals surface area contributed by atoms with Crippen molar-refractivity contribution in [2.24, 2.45) is 0 Å². The van der Waals surface area contributed by atoms with Crippen LogP contribution in [0.1, 0.15) is 12.0 Å². The van der Waals surface area contributed by atoms with Gasteiger partial charge in [-0.3, -0.25) is 4.79 Å². The van der Waals surface area contributed by atoms with E-state index in [4.69, 9.17) is 11.6 Å². The Kier molecular flexibility index (Phi) is 4.11. The molecule has 3 nitrogen and oxygen atoms in total. The van der Waals surface area contributed by atoms with Crippen molar-refractivity contribution in [2.75, 3.05) is 5.32 Å². The summed E-state index contributed by atoms with van der Waals surface area (Å²) in [6.07, 6.45) is 2.90. The largest absolute Gasteiger partial charge is 0.361 e. The number of nitrogens with one attached hydrogen (secondary N) is 2. The second kappa shape index (κ2) is 6.20. The summed E-state index contributed by atoms with van der Waals surface area (Å²) in [4.78, 5) is 15.2. The summed E-state index contributed by atoms with van der Waals surface area (Å²) in [5.41, 5.74) is 2.65. The van der Waals surface area contributed by atoms with Crippen LogP contribution in [-0.2, 0) is 11.2 Å². The Hall–Kier alpha value is -2.33. The normalized spacial score (nSPS) is 10.8. The molecule has 1 amide bonds. The first-order valence-electron chi connectivity index (χ1n) is 6.93. The smallest absolute Gasteiger partial charge is 0.224 e. The van der Waals surface area contributed by atoms with Crippen LogP contribution < -0.4 is 5.32 Å². The van der Waals surface area contributed by atoms with Gasteiger partial charge in [0.1, 0.15) is 5.82 Å². The summed E-state index contributed by atoms with van der Waals surface area (Å²) in [7, 11) is 0. The third-order valence-corrected chi connectivity index (χ3v) is 3.79. The Morgan fingerprint density at radius 1 is 1.23 bits per heavy atom. The first kappa shape index (κ1) is 14.6. The number of amides is 1. The summed E-state index contributed by atoms with van der Waals surface area (Å²) in [6, 6.07) is 12.1. The van der Waals surface area contributed by atoms with Crippen molar-refractivity contribution < 1.29 is 9.18 Å². The number of aromatic amines is 1. The van der Waals surface area contributed by atoms with E-state index >= 15 is 0 Å². The number of para-hydroxylation sites is 1. The van der Waals surface area contributed by atoms with Crippen LogP contribution in [-0.4, -0.2) is 10.9 Å². The number of aryl methyl sites for hydroxylation is 1. The van der Waals surface area contributed by atoms with Crippen molar-refractivity contribution in [3.63, 3.8) is 0 Å². The lowest BCUT2D eigenvalue weighted by Crippen LogP contribution is -2.12.